The Morgan fingerprint density at radius 3 is 2.71 bits per heavy atom. The highest BCUT2D eigenvalue weighted by Gasteiger charge is 2.21. The predicted octanol–water partition coefficient (Wildman–Crippen LogP) is 2.80. The topological polar surface area (TPSA) is 55.4 Å². The summed E-state index contributed by atoms with van der Waals surface area (Å²) in [6.07, 6.45) is 6.06. The largest absolute Gasteiger partial charge is 0.455 e. The number of benzene rings is 1. The van der Waals surface area contributed by atoms with Crippen molar-refractivity contribution in [3.8, 4) is 0 Å². The fraction of sp³-hybridized carbons (Fsp3) is 0.333. The summed E-state index contributed by atoms with van der Waals surface area (Å²) in [5.74, 6) is -3.28. The summed E-state index contributed by atoms with van der Waals surface area (Å²) in [5.41, 5.74) is 0.107. The van der Waals surface area contributed by atoms with Crippen LogP contribution in [-0.2, 0) is 14.3 Å². The molecule has 0 bridgehead atoms. The molecule has 1 atom stereocenters. The average Bonchev–Trinajstić information content (AvgIpc) is 2.49. The lowest BCUT2D eigenvalue weighted by Crippen LogP contribution is -2.25. The molecule has 21 heavy (non-hydrogen) atoms. The Kier molecular flexibility index (Phi) is 5.03. The Bertz CT molecular complexity index is 572. The Morgan fingerprint density at radius 1 is 1.24 bits per heavy atom. The van der Waals surface area contributed by atoms with Gasteiger partial charge in [-0.1, -0.05) is 12.2 Å². The minimum atomic E-state index is -1.06. The number of allylic oxidation sites excluding steroid dienone is 2. The van der Waals surface area contributed by atoms with Gasteiger partial charge in [0.25, 0.3) is 5.91 Å². The number of esters is 1. The van der Waals surface area contributed by atoms with E-state index in [1.54, 1.807) is 0 Å². The van der Waals surface area contributed by atoms with Crippen LogP contribution in [0.25, 0.3) is 0 Å². The van der Waals surface area contributed by atoms with Gasteiger partial charge < -0.3 is 10.1 Å². The monoisotopic (exact) mass is 295 g/mol. The van der Waals surface area contributed by atoms with Crippen molar-refractivity contribution in [1.82, 2.24) is 0 Å². The van der Waals surface area contributed by atoms with Crippen LogP contribution in [0.5, 0.6) is 0 Å². The first-order valence-corrected chi connectivity index (χ1v) is 6.63. The molecule has 0 unspecified atom stereocenters. The summed E-state index contributed by atoms with van der Waals surface area (Å²) < 4.78 is 30.6. The second kappa shape index (κ2) is 6.97. The van der Waals surface area contributed by atoms with Gasteiger partial charge in [0.2, 0.25) is 0 Å². The first kappa shape index (κ1) is 15.2. The first-order chi connectivity index (χ1) is 10.1. The van der Waals surface area contributed by atoms with Crippen molar-refractivity contribution in [2.24, 2.45) is 5.92 Å². The lowest BCUT2D eigenvalue weighted by Gasteiger charge is -2.16. The molecule has 1 amide bonds. The minimum absolute atomic E-state index is 0.107. The molecule has 0 spiro atoms. The number of ether oxygens (including phenoxy) is 1. The quantitative estimate of drug-likeness (QED) is 0.686. The Balaban J connectivity index is 1.80. The summed E-state index contributed by atoms with van der Waals surface area (Å²) in [6, 6.07) is 3.00. The van der Waals surface area contributed by atoms with Gasteiger partial charge in [-0.2, -0.15) is 0 Å². The first-order valence-electron chi connectivity index (χ1n) is 6.63. The third-order valence-corrected chi connectivity index (χ3v) is 3.15. The van der Waals surface area contributed by atoms with Gasteiger partial charge in [-0.15, -0.1) is 0 Å². The molecule has 1 aliphatic rings. The molecule has 1 aromatic rings. The van der Waals surface area contributed by atoms with E-state index in [-0.39, 0.29) is 11.6 Å². The zero-order chi connectivity index (χ0) is 15.2. The molecule has 1 aliphatic carbocycles. The lowest BCUT2D eigenvalue weighted by atomic mass is 9.95. The van der Waals surface area contributed by atoms with Crippen molar-refractivity contribution in [3.05, 3.63) is 42.0 Å². The van der Waals surface area contributed by atoms with Gasteiger partial charge in [0, 0.05) is 11.8 Å². The SMILES string of the molecule is O=C(COC(=O)[C@H]1CC=CCC1)Nc1ccc(F)c(F)c1. The zero-order valence-electron chi connectivity index (χ0n) is 11.3. The van der Waals surface area contributed by atoms with Gasteiger partial charge in [0.15, 0.2) is 18.2 Å². The molecule has 0 fully saturated rings. The lowest BCUT2D eigenvalue weighted by molar-refractivity contribution is -0.151. The third kappa shape index (κ3) is 4.37. The highest BCUT2D eigenvalue weighted by atomic mass is 19.2. The highest BCUT2D eigenvalue weighted by Crippen LogP contribution is 2.19. The van der Waals surface area contributed by atoms with Crippen LogP contribution in [0.3, 0.4) is 0 Å². The summed E-state index contributed by atoms with van der Waals surface area (Å²) in [6.45, 7) is -0.446. The summed E-state index contributed by atoms with van der Waals surface area (Å²) in [5, 5.41) is 2.33. The van der Waals surface area contributed by atoms with Gasteiger partial charge in [-0.25, -0.2) is 8.78 Å². The maximum absolute atomic E-state index is 13.0. The second-order valence-electron chi connectivity index (χ2n) is 4.77. The van der Waals surface area contributed by atoms with Crippen molar-refractivity contribution in [3.63, 3.8) is 0 Å². The molecule has 0 saturated heterocycles. The average molecular weight is 295 g/mol. The van der Waals surface area contributed by atoms with Gasteiger partial charge >= 0.3 is 5.97 Å². The van der Waals surface area contributed by atoms with Crippen LogP contribution in [0.4, 0.5) is 14.5 Å². The molecule has 0 radical (unpaired) electrons. The number of anilines is 1. The molecule has 1 N–H and O–H groups in total. The molecule has 2 rings (SSSR count). The molecular formula is C15H15F2NO3. The number of hydrogen-bond donors (Lipinski definition) is 1. The molecule has 4 nitrogen and oxygen atoms in total. The fourth-order valence-corrected chi connectivity index (χ4v) is 2.03. The normalized spacial score (nSPS) is 17.3. The molecule has 0 aliphatic heterocycles. The van der Waals surface area contributed by atoms with Crippen LogP contribution in [0.1, 0.15) is 19.3 Å². The summed E-state index contributed by atoms with van der Waals surface area (Å²) >= 11 is 0. The third-order valence-electron chi connectivity index (χ3n) is 3.15. The number of carbonyl (C=O) groups excluding carboxylic acids is 2. The van der Waals surface area contributed by atoms with Crippen LogP contribution in [0.15, 0.2) is 30.4 Å². The van der Waals surface area contributed by atoms with E-state index in [9.17, 15) is 18.4 Å². The van der Waals surface area contributed by atoms with Crippen molar-refractivity contribution in [1.29, 1.82) is 0 Å². The van der Waals surface area contributed by atoms with Crippen molar-refractivity contribution in [2.75, 3.05) is 11.9 Å². The molecule has 6 heteroatoms. The summed E-state index contributed by atoms with van der Waals surface area (Å²) in [4.78, 5) is 23.3. The number of halogens is 2. The van der Waals surface area contributed by atoms with E-state index < -0.39 is 30.1 Å². The smallest absolute Gasteiger partial charge is 0.309 e. The maximum Gasteiger partial charge on any atom is 0.309 e. The summed E-state index contributed by atoms with van der Waals surface area (Å²) in [7, 11) is 0. The second-order valence-corrected chi connectivity index (χ2v) is 4.77. The van der Waals surface area contributed by atoms with Crippen molar-refractivity contribution in [2.45, 2.75) is 19.3 Å². The van der Waals surface area contributed by atoms with E-state index in [1.165, 1.54) is 6.07 Å². The molecule has 0 heterocycles. The fourth-order valence-electron chi connectivity index (χ4n) is 2.03. The Labute approximate surface area is 120 Å². The number of rotatable bonds is 4. The van der Waals surface area contributed by atoms with Gasteiger partial charge in [0.1, 0.15) is 0 Å². The molecular weight excluding hydrogens is 280 g/mol. The number of nitrogens with one attached hydrogen (secondary N) is 1. The van der Waals surface area contributed by atoms with Crippen LogP contribution in [0.2, 0.25) is 0 Å². The molecule has 112 valence electrons. The zero-order valence-corrected chi connectivity index (χ0v) is 11.3. The number of carbonyl (C=O) groups is 2. The molecule has 1 aromatic carbocycles. The van der Waals surface area contributed by atoms with E-state index in [0.29, 0.717) is 12.8 Å². The van der Waals surface area contributed by atoms with Crippen molar-refractivity contribution >= 4 is 17.6 Å². The number of amides is 1. The van der Waals surface area contributed by atoms with Crippen LogP contribution < -0.4 is 5.32 Å². The van der Waals surface area contributed by atoms with E-state index in [1.807, 2.05) is 12.2 Å². The standard InChI is InChI=1S/C15H15F2NO3/c16-12-7-6-11(8-13(12)17)18-14(19)9-21-15(20)10-4-2-1-3-5-10/h1-2,6-8,10H,3-5,9H2,(H,18,19)/t10-/m0/s1. The molecule has 0 aromatic heterocycles. The van der Waals surface area contributed by atoms with Gasteiger partial charge in [-0.05, 0) is 31.4 Å². The Morgan fingerprint density at radius 2 is 2.05 bits per heavy atom. The van der Waals surface area contributed by atoms with E-state index in [2.05, 4.69) is 5.32 Å². The van der Waals surface area contributed by atoms with Gasteiger partial charge in [0.05, 0.1) is 5.92 Å². The van der Waals surface area contributed by atoms with E-state index in [4.69, 9.17) is 4.74 Å². The number of hydrogen-bond acceptors (Lipinski definition) is 3. The van der Waals surface area contributed by atoms with Crippen LogP contribution in [0, 0.1) is 17.6 Å². The Hall–Kier alpha value is -2.24. The van der Waals surface area contributed by atoms with Crippen LogP contribution >= 0.6 is 0 Å². The van der Waals surface area contributed by atoms with Gasteiger partial charge in [-0.3, -0.25) is 9.59 Å². The highest BCUT2D eigenvalue weighted by molar-refractivity contribution is 5.92. The van der Waals surface area contributed by atoms with Crippen LogP contribution in [-0.4, -0.2) is 18.5 Å². The van der Waals surface area contributed by atoms with E-state index >= 15 is 0 Å². The maximum atomic E-state index is 13.0. The van der Waals surface area contributed by atoms with E-state index in [0.717, 1.165) is 18.6 Å². The van der Waals surface area contributed by atoms with Crippen molar-refractivity contribution < 1.29 is 23.1 Å². The molecule has 0 saturated carbocycles. The predicted molar refractivity (Wildman–Crippen MR) is 72.4 cm³/mol. The minimum Gasteiger partial charge on any atom is -0.455 e.